The van der Waals surface area contributed by atoms with Crippen LogP contribution in [-0.2, 0) is 17.8 Å². The number of fused-ring (bicyclic) bond motifs is 1. The summed E-state index contributed by atoms with van der Waals surface area (Å²) in [5, 5.41) is 23.7. The van der Waals surface area contributed by atoms with Gasteiger partial charge in [-0.05, 0) is 78.8 Å². The van der Waals surface area contributed by atoms with Gasteiger partial charge in [-0.3, -0.25) is 14.3 Å². The van der Waals surface area contributed by atoms with Crippen LogP contribution in [0, 0.1) is 11.6 Å². The van der Waals surface area contributed by atoms with Crippen LogP contribution in [0.2, 0.25) is 0 Å². The van der Waals surface area contributed by atoms with Crippen molar-refractivity contribution in [1.29, 1.82) is 0 Å². The first kappa shape index (κ1) is 32.6. The normalized spacial score (nSPS) is 18.6. The first-order valence-corrected chi connectivity index (χ1v) is 16.5. The maximum absolute atomic E-state index is 14.5. The third-order valence-corrected chi connectivity index (χ3v) is 9.61. The lowest BCUT2D eigenvalue weighted by molar-refractivity contribution is 0.0342. The molecule has 1 aliphatic heterocycles. The molecule has 2 aliphatic rings. The van der Waals surface area contributed by atoms with Gasteiger partial charge in [0.15, 0.2) is 17.2 Å². The lowest BCUT2D eigenvalue weighted by atomic mass is 9.90. The molecular weight excluding hydrogens is 632 g/mol. The maximum atomic E-state index is 14.5. The van der Waals surface area contributed by atoms with Gasteiger partial charge >= 0.3 is 5.69 Å². The molecule has 49 heavy (non-hydrogen) atoms. The molecule has 12 heteroatoms. The van der Waals surface area contributed by atoms with E-state index < -0.39 is 28.9 Å². The summed E-state index contributed by atoms with van der Waals surface area (Å²) in [6, 6.07) is 17.7. The van der Waals surface area contributed by atoms with Gasteiger partial charge < -0.3 is 20.3 Å². The second-order valence-electron chi connectivity index (χ2n) is 12.7. The molecule has 1 aliphatic carbocycles. The lowest BCUT2D eigenvalue weighted by Crippen LogP contribution is -2.44. The van der Waals surface area contributed by atoms with Gasteiger partial charge in [0.05, 0.1) is 30.5 Å². The number of nitrogens with one attached hydrogen (secondary N) is 1. The number of aromatic hydroxyl groups is 2. The van der Waals surface area contributed by atoms with E-state index >= 15 is 0 Å². The van der Waals surface area contributed by atoms with Crippen LogP contribution < -0.4 is 16.6 Å². The van der Waals surface area contributed by atoms with E-state index in [4.69, 9.17) is 4.74 Å². The van der Waals surface area contributed by atoms with Crippen molar-refractivity contribution in [3.63, 3.8) is 0 Å². The summed E-state index contributed by atoms with van der Waals surface area (Å²) in [6.45, 7) is 3.70. The van der Waals surface area contributed by atoms with Gasteiger partial charge in [0.25, 0.3) is 5.56 Å². The van der Waals surface area contributed by atoms with Gasteiger partial charge in [-0.1, -0.05) is 30.3 Å². The van der Waals surface area contributed by atoms with Crippen molar-refractivity contribution in [2.45, 2.75) is 50.9 Å². The zero-order valence-corrected chi connectivity index (χ0v) is 26.8. The summed E-state index contributed by atoms with van der Waals surface area (Å²) in [5.74, 6) is -1.58. The molecule has 0 spiro atoms. The van der Waals surface area contributed by atoms with E-state index in [9.17, 15) is 28.6 Å². The molecule has 0 unspecified atom stereocenters. The van der Waals surface area contributed by atoms with E-state index in [0.29, 0.717) is 56.7 Å². The number of hydrogen-bond donors (Lipinski definition) is 3. The van der Waals surface area contributed by atoms with E-state index in [-0.39, 0.29) is 35.1 Å². The summed E-state index contributed by atoms with van der Waals surface area (Å²) >= 11 is 0. The molecule has 0 atom stereocenters. The Hall–Kier alpha value is -4.91. The summed E-state index contributed by atoms with van der Waals surface area (Å²) in [7, 11) is 0. The highest BCUT2D eigenvalue weighted by Crippen LogP contribution is 2.31. The Balaban J connectivity index is 1.22. The van der Waals surface area contributed by atoms with Crippen LogP contribution >= 0.6 is 0 Å². The Kier molecular flexibility index (Phi) is 9.26. The van der Waals surface area contributed by atoms with Gasteiger partial charge in [0.2, 0.25) is 0 Å². The number of phenols is 2. The maximum Gasteiger partial charge on any atom is 0.337 e. The Morgan fingerprint density at radius 1 is 0.898 bits per heavy atom. The summed E-state index contributed by atoms with van der Waals surface area (Å²) in [6.07, 6.45) is 3.28. The Morgan fingerprint density at radius 2 is 1.67 bits per heavy atom. The molecule has 7 rings (SSSR count). The number of benzene rings is 3. The van der Waals surface area contributed by atoms with Crippen LogP contribution in [0.5, 0.6) is 11.5 Å². The van der Waals surface area contributed by atoms with Crippen LogP contribution in [0.4, 0.5) is 8.78 Å². The van der Waals surface area contributed by atoms with E-state index in [2.05, 4.69) is 15.2 Å². The van der Waals surface area contributed by atoms with Crippen molar-refractivity contribution in [3.8, 4) is 28.3 Å². The van der Waals surface area contributed by atoms with Crippen LogP contribution in [0.3, 0.4) is 0 Å². The van der Waals surface area contributed by atoms with Gasteiger partial charge in [-0.25, -0.2) is 23.1 Å². The Bertz CT molecular complexity index is 2120. The predicted octanol–water partition coefficient (Wildman–Crippen LogP) is 5.01. The van der Waals surface area contributed by atoms with Crippen molar-refractivity contribution in [3.05, 3.63) is 117 Å². The number of para-hydroxylation sites is 1. The molecule has 2 aromatic heterocycles. The fourth-order valence-corrected chi connectivity index (χ4v) is 7.04. The molecule has 3 aromatic carbocycles. The van der Waals surface area contributed by atoms with Gasteiger partial charge in [-0.2, -0.15) is 0 Å². The van der Waals surface area contributed by atoms with Crippen molar-refractivity contribution in [2.75, 3.05) is 26.3 Å². The molecule has 0 bridgehead atoms. The molecule has 254 valence electrons. The van der Waals surface area contributed by atoms with E-state index in [1.807, 2.05) is 24.3 Å². The lowest BCUT2D eigenvalue weighted by Gasteiger charge is -2.30. The first-order chi connectivity index (χ1) is 23.8. The minimum absolute atomic E-state index is 0.00414. The minimum Gasteiger partial charge on any atom is -0.508 e. The quantitative estimate of drug-likeness (QED) is 0.211. The number of pyridine rings is 1. The van der Waals surface area contributed by atoms with Gasteiger partial charge in [0.1, 0.15) is 11.6 Å². The number of rotatable bonds is 8. The monoisotopic (exact) mass is 669 g/mol. The highest BCUT2D eigenvalue weighted by Gasteiger charge is 2.27. The SMILES string of the molecule is O=c1c2cc(F)cnc2n(-c2cccc(-c3ccc(O)cc3CN3CCOCC3)c2)c(=O)n1[C@H]1CC[C@@H](NCc2cccc(F)c2O)CC1. The minimum atomic E-state index is -0.680. The molecule has 0 amide bonds. The molecule has 1 saturated heterocycles. The fourth-order valence-electron chi connectivity index (χ4n) is 7.04. The molecular formula is C37H37F2N5O5. The number of aromatic nitrogens is 3. The Labute approximate surface area is 280 Å². The predicted molar refractivity (Wildman–Crippen MR) is 181 cm³/mol. The van der Waals surface area contributed by atoms with Crippen LogP contribution in [0.15, 0.2) is 82.5 Å². The van der Waals surface area contributed by atoms with Crippen LogP contribution in [-0.4, -0.2) is 61.6 Å². The van der Waals surface area contributed by atoms with Crippen molar-refractivity contribution >= 4 is 11.0 Å². The summed E-state index contributed by atoms with van der Waals surface area (Å²) in [4.78, 5) is 34.6. The van der Waals surface area contributed by atoms with Crippen LogP contribution in [0.1, 0.15) is 42.9 Å². The molecule has 1 saturated carbocycles. The van der Waals surface area contributed by atoms with E-state index in [1.165, 1.54) is 15.2 Å². The molecule has 3 N–H and O–H groups in total. The second kappa shape index (κ2) is 13.9. The summed E-state index contributed by atoms with van der Waals surface area (Å²) in [5.41, 5.74) is 2.43. The zero-order chi connectivity index (χ0) is 34.1. The van der Waals surface area contributed by atoms with Crippen LogP contribution in [0.25, 0.3) is 27.8 Å². The third kappa shape index (κ3) is 6.71. The Morgan fingerprint density at radius 3 is 2.47 bits per heavy atom. The number of hydrogen-bond acceptors (Lipinski definition) is 8. The molecule has 0 radical (unpaired) electrons. The smallest absolute Gasteiger partial charge is 0.337 e. The molecule has 3 heterocycles. The van der Waals surface area contributed by atoms with E-state index in [0.717, 1.165) is 42.0 Å². The fraction of sp³-hybridized carbons (Fsp3) is 0.324. The van der Waals surface area contributed by atoms with Gasteiger partial charge in [0, 0.05) is 43.8 Å². The first-order valence-electron chi connectivity index (χ1n) is 16.5. The van der Waals surface area contributed by atoms with E-state index in [1.54, 1.807) is 30.3 Å². The number of nitrogens with zero attached hydrogens (tertiary/aromatic N) is 4. The second-order valence-corrected chi connectivity index (χ2v) is 12.7. The highest BCUT2D eigenvalue weighted by molar-refractivity contribution is 5.77. The topological polar surface area (TPSA) is 122 Å². The van der Waals surface area contributed by atoms with Gasteiger partial charge in [-0.15, -0.1) is 0 Å². The largest absolute Gasteiger partial charge is 0.508 e. The molecule has 2 fully saturated rings. The molecule has 10 nitrogen and oxygen atoms in total. The standard InChI is InChI=1S/C37H37F2N5O5/c38-26-19-32-35(41-21-26)43(29-5-1-3-23(17-29)31-12-11-30(45)18-25(31)22-42-13-15-49-16-14-42)37(48)44(36(32)47)28-9-7-27(8-10-28)40-20-24-4-2-6-33(39)34(24)46/h1-6,11-12,17-19,21,27-28,40,45-46H,7-10,13-16,20,22H2/t27-,28+. The number of halogens is 2. The van der Waals surface area contributed by atoms with Crippen molar-refractivity contribution in [2.24, 2.45) is 0 Å². The summed E-state index contributed by atoms with van der Waals surface area (Å²) < 4.78 is 36.4. The average molecular weight is 670 g/mol. The number of ether oxygens (including phenoxy) is 1. The third-order valence-electron chi connectivity index (χ3n) is 9.61. The van der Waals surface area contributed by atoms with Crippen molar-refractivity contribution in [1.82, 2.24) is 24.3 Å². The molecule has 5 aromatic rings. The highest BCUT2D eigenvalue weighted by atomic mass is 19.1. The average Bonchev–Trinajstić information content (AvgIpc) is 3.10. The number of morpholine rings is 1. The number of phenolic OH excluding ortho intramolecular Hbond substituents is 2. The van der Waals surface area contributed by atoms with Crippen molar-refractivity contribution < 1.29 is 23.7 Å². The zero-order valence-electron chi connectivity index (χ0n) is 26.8.